The van der Waals surface area contributed by atoms with Crippen molar-refractivity contribution in [1.82, 2.24) is 4.90 Å². The van der Waals surface area contributed by atoms with Gasteiger partial charge in [-0.25, -0.2) is 0 Å². The van der Waals surface area contributed by atoms with Gasteiger partial charge in [-0.3, -0.25) is 4.55 Å². The maximum Gasteiger partial charge on any atom is 0.266 e. The van der Waals surface area contributed by atoms with Crippen LogP contribution in [0, 0.1) is 0 Å². The molecule has 0 spiro atoms. The van der Waals surface area contributed by atoms with Gasteiger partial charge >= 0.3 is 0 Å². The quantitative estimate of drug-likeness (QED) is 0.441. The first-order valence-electron chi connectivity index (χ1n) is 7.09. The molecular weight excluding hydrogens is 250 g/mol. The largest absolute Gasteiger partial charge is 0.305 e. The first kappa shape index (κ1) is 17.9. The van der Waals surface area contributed by atoms with E-state index in [4.69, 9.17) is 4.55 Å². The van der Waals surface area contributed by atoms with E-state index in [9.17, 15) is 8.42 Å². The van der Waals surface area contributed by atoms with Gasteiger partial charge in [0.2, 0.25) is 0 Å². The Hall–Kier alpha value is -0.130. The Balaban J connectivity index is 3.28. The second-order valence-electron chi connectivity index (χ2n) is 5.06. The standard InChI is InChI=1S/C13H29NO3S/c1-3-4-5-6-7-8-9-10-11-14(2)12-13-18(15,16)17/h3-13H2,1-2H3,(H,15,16,17). The predicted molar refractivity (Wildman–Crippen MR) is 76.5 cm³/mol. The molecule has 0 aliphatic rings. The lowest BCUT2D eigenvalue weighted by Crippen LogP contribution is -2.26. The average Bonchev–Trinajstić information content (AvgIpc) is 2.29. The van der Waals surface area contributed by atoms with Crippen molar-refractivity contribution in [2.45, 2.75) is 58.3 Å². The van der Waals surface area contributed by atoms with Crippen molar-refractivity contribution in [3.05, 3.63) is 0 Å². The summed E-state index contributed by atoms with van der Waals surface area (Å²) >= 11 is 0. The van der Waals surface area contributed by atoms with Crippen LogP contribution < -0.4 is 0 Å². The minimum atomic E-state index is -3.81. The molecule has 0 aliphatic carbocycles. The molecule has 0 aromatic carbocycles. The fraction of sp³-hybridized carbons (Fsp3) is 1.00. The zero-order valence-electron chi connectivity index (χ0n) is 11.9. The number of hydrogen-bond donors (Lipinski definition) is 1. The van der Waals surface area contributed by atoms with Crippen LogP contribution in [-0.4, -0.2) is 43.8 Å². The Morgan fingerprint density at radius 3 is 1.89 bits per heavy atom. The molecule has 0 heterocycles. The second-order valence-corrected chi connectivity index (χ2v) is 6.64. The SMILES string of the molecule is CCCCCCCCCCN(C)CCS(=O)(=O)O. The smallest absolute Gasteiger partial charge is 0.266 e. The van der Waals surface area contributed by atoms with E-state index in [2.05, 4.69) is 6.92 Å². The molecule has 0 aliphatic heterocycles. The molecular formula is C13H29NO3S. The van der Waals surface area contributed by atoms with Gasteiger partial charge in [-0.05, 0) is 20.0 Å². The van der Waals surface area contributed by atoms with Gasteiger partial charge in [0.1, 0.15) is 0 Å². The van der Waals surface area contributed by atoms with Crippen molar-refractivity contribution < 1.29 is 13.0 Å². The minimum Gasteiger partial charge on any atom is -0.305 e. The summed E-state index contributed by atoms with van der Waals surface area (Å²) in [7, 11) is -1.91. The fourth-order valence-corrected chi connectivity index (χ4v) is 2.44. The molecule has 0 atom stereocenters. The molecule has 110 valence electrons. The summed E-state index contributed by atoms with van der Waals surface area (Å²) in [5.74, 6) is -0.166. The zero-order valence-corrected chi connectivity index (χ0v) is 12.7. The molecule has 0 saturated carbocycles. The molecule has 5 heteroatoms. The average molecular weight is 279 g/mol. The molecule has 0 rings (SSSR count). The van der Waals surface area contributed by atoms with Crippen LogP contribution in [0.25, 0.3) is 0 Å². The number of unbranched alkanes of at least 4 members (excludes halogenated alkanes) is 7. The lowest BCUT2D eigenvalue weighted by molar-refractivity contribution is 0.337. The summed E-state index contributed by atoms with van der Waals surface area (Å²) in [4.78, 5) is 1.96. The predicted octanol–water partition coefficient (Wildman–Crippen LogP) is 2.95. The highest BCUT2D eigenvalue weighted by molar-refractivity contribution is 7.85. The van der Waals surface area contributed by atoms with Crippen LogP contribution in [0.4, 0.5) is 0 Å². The second kappa shape index (κ2) is 10.8. The number of rotatable bonds is 12. The Morgan fingerprint density at radius 2 is 1.39 bits per heavy atom. The highest BCUT2D eigenvalue weighted by atomic mass is 32.2. The maximum absolute atomic E-state index is 10.6. The molecule has 18 heavy (non-hydrogen) atoms. The topological polar surface area (TPSA) is 57.6 Å². The van der Waals surface area contributed by atoms with Crippen LogP contribution in [0.2, 0.25) is 0 Å². The third kappa shape index (κ3) is 13.9. The summed E-state index contributed by atoms with van der Waals surface area (Å²) < 4.78 is 29.8. The van der Waals surface area contributed by atoms with Crippen LogP contribution in [0.5, 0.6) is 0 Å². The molecule has 0 unspecified atom stereocenters. The molecule has 0 radical (unpaired) electrons. The van der Waals surface area contributed by atoms with E-state index < -0.39 is 10.1 Å². The molecule has 1 N–H and O–H groups in total. The lowest BCUT2D eigenvalue weighted by Gasteiger charge is -2.15. The Bertz CT molecular complexity index is 278. The van der Waals surface area contributed by atoms with Crippen molar-refractivity contribution in [3.8, 4) is 0 Å². The molecule has 4 nitrogen and oxygen atoms in total. The Labute approximate surface area is 113 Å². The first-order chi connectivity index (χ1) is 8.45. The van der Waals surface area contributed by atoms with Gasteiger partial charge in [0.25, 0.3) is 10.1 Å². The van der Waals surface area contributed by atoms with Crippen LogP contribution >= 0.6 is 0 Å². The molecule has 0 amide bonds. The number of nitrogens with zero attached hydrogens (tertiary/aromatic N) is 1. The van der Waals surface area contributed by atoms with Gasteiger partial charge in [0, 0.05) is 6.54 Å². The van der Waals surface area contributed by atoms with Crippen molar-refractivity contribution in [2.24, 2.45) is 0 Å². The summed E-state index contributed by atoms with van der Waals surface area (Å²) in [6.07, 6.45) is 10.2. The van der Waals surface area contributed by atoms with Gasteiger partial charge in [0.05, 0.1) is 5.75 Å². The van der Waals surface area contributed by atoms with E-state index in [0.717, 1.165) is 13.0 Å². The van der Waals surface area contributed by atoms with Crippen molar-refractivity contribution >= 4 is 10.1 Å². The highest BCUT2D eigenvalue weighted by Crippen LogP contribution is 2.08. The Morgan fingerprint density at radius 1 is 0.889 bits per heavy atom. The third-order valence-electron chi connectivity index (χ3n) is 3.12. The first-order valence-corrected chi connectivity index (χ1v) is 8.70. The van der Waals surface area contributed by atoms with Crippen LogP contribution in [0.1, 0.15) is 58.3 Å². The fourth-order valence-electron chi connectivity index (χ4n) is 1.90. The summed E-state index contributed by atoms with van der Waals surface area (Å²) in [5, 5.41) is 0. The highest BCUT2D eigenvalue weighted by Gasteiger charge is 2.06. The molecule has 0 fully saturated rings. The van der Waals surface area contributed by atoms with Crippen molar-refractivity contribution in [2.75, 3.05) is 25.9 Å². The van der Waals surface area contributed by atoms with Gasteiger partial charge in [-0.2, -0.15) is 8.42 Å². The van der Waals surface area contributed by atoms with E-state index >= 15 is 0 Å². The number of hydrogen-bond acceptors (Lipinski definition) is 3. The normalized spacial score (nSPS) is 12.2. The van der Waals surface area contributed by atoms with E-state index in [1.165, 1.54) is 44.9 Å². The summed E-state index contributed by atoms with van der Waals surface area (Å²) in [6.45, 7) is 3.54. The van der Waals surface area contributed by atoms with Gasteiger partial charge in [0.15, 0.2) is 0 Å². The van der Waals surface area contributed by atoms with Gasteiger partial charge < -0.3 is 4.90 Å². The third-order valence-corrected chi connectivity index (χ3v) is 3.82. The molecule has 0 aromatic rings. The molecule has 0 bridgehead atoms. The van der Waals surface area contributed by atoms with E-state index in [1.54, 1.807) is 0 Å². The van der Waals surface area contributed by atoms with Crippen LogP contribution in [0.15, 0.2) is 0 Å². The van der Waals surface area contributed by atoms with Crippen LogP contribution in [0.3, 0.4) is 0 Å². The van der Waals surface area contributed by atoms with E-state index in [0.29, 0.717) is 6.54 Å². The van der Waals surface area contributed by atoms with E-state index in [-0.39, 0.29) is 5.75 Å². The van der Waals surface area contributed by atoms with Crippen LogP contribution in [-0.2, 0) is 10.1 Å². The monoisotopic (exact) mass is 279 g/mol. The lowest BCUT2D eigenvalue weighted by atomic mass is 10.1. The zero-order chi connectivity index (χ0) is 13.9. The maximum atomic E-state index is 10.6. The summed E-state index contributed by atoms with van der Waals surface area (Å²) in [5.41, 5.74) is 0. The van der Waals surface area contributed by atoms with Crippen molar-refractivity contribution in [3.63, 3.8) is 0 Å². The summed E-state index contributed by atoms with van der Waals surface area (Å²) in [6, 6.07) is 0. The Kier molecular flexibility index (Phi) is 10.7. The van der Waals surface area contributed by atoms with Crippen molar-refractivity contribution in [1.29, 1.82) is 0 Å². The van der Waals surface area contributed by atoms with Gasteiger partial charge in [-0.15, -0.1) is 0 Å². The molecule has 0 saturated heterocycles. The van der Waals surface area contributed by atoms with E-state index in [1.807, 2.05) is 11.9 Å². The minimum absolute atomic E-state index is 0.166. The molecule has 0 aromatic heterocycles. The van der Waals surface area contributed by atoms with Gasteiger partial charge in [-0.1, -0.05) is 51.9 Å².